The van der Waals surface area contributed by atoms with Crippen LogP contribution in [0.3, 0.4) is 0 Å². The van der Waals surface area contributed by atoms with E-state index in [-0.39, 0.29) is 0 Å². The molecule has 1 aromatic carbocycles. The van der Waals surface area contributed by atoms with Gasteiger partial charge in [-0.05, 0) is 56.2 Å². The number of carbonyl (C=O) groups is 1. The summed E-state index contributed by atoms with van der Waals surface area (Å²) in [5.41, 5.74) is 0.133. The standard InChI is InChI=1S/C16H18ClF3N2O/c1-2-21-7-5-15(6-8-21)12-9-11(17)3-4-13(12)22(14(15)23)10-16(18,19)20/h3-4,9H,2,5-8,10H2,1H3. The Labute approximate surface area is 138 Å². The van der Waals surface area contributed by atoms with Crippen LogP contribution in [-0.4, -0.2) is 43.2 Å². The Bertz CT molecular complexity index is 624. The minimum absolute atomic E-state index is 0.349. The average molecular weight is 347 g/mol. The second-order valence-electron chi connectivity index (χ2n) is 6.18. The molecule has 0 aromatic heterocycles. The van der Waals surface area contributed by atoms with Crippen molar-refractivity contribution >= 4 is 23.2 Å². The highest BCUT2D eigenvalue weighted by Crippen LogP contribution is 2.49. The Morgan fingerprint density at radius 1 is 1.26 bits per heavy atom. The van der Waals surface area contributed by atoms with Crippen molar-refractivity contribution in [3.05, 3.63) is 28.8 Å². The van der Waals surface area contributed by atoms with Gasteiger partial charge in [0, 0.05) is 10.7 Å². The van der Waals surface area contributed by atoms with Gasteiger partial charge in [-0.2, -0.15) is 13.2 Å². The lowest BCUT2D eigenvalue weighted by molar-refractivity contribution is -0.135. The number of hydrogen-bond acceptors (Lipinski definition) is 2. The number of alkyl halides is 3. The second kappa shape index (κ2) is 5.67. The van der Waals surface area contributed by atoms with Crippen molar-refractivity contribution in [3.63, 3.8) is 0 Å². The molecule has 3 nitrogen and oxygen atoms in total. The van der Waals surface area contributed by atoms with Crippen LogP contribution in [0, 0.1) is 0 Å². The summed E-state index contributed by atoms with van der Waals surface area (Å²) in [7, 11) is 0. The highest BCUT2D eigenvalue weighted by Gasteiger charge is 2.53. The number of amides is 1. The molecule has 0 radical (unpaired) electrons. The summed E-state index contributed by atoms with van der Waals surface area (Å²) >= 11 is 6.05. The van der Waals surface area contributed by atoms with Gasteiger partial charge in [-0.1, -0.05) is 18.5 Å². The number of nitrogens with zero attached hydrogens (tertiary/aromatic N) is 2. The van der Waals surface area contributed by atoms with Crippen LogP contribution >= 0.6 is 11.6 Å². The molecule has 2 aliphatic heterocycles. The summed E-state index contributed by atoms with van der Waals surface area (Å²) in [5.74, 6) is -0.442. The Morgan fingerprint density at radius 3 is 2.48 bits per heavy atom. The molecular weight excluding hydrogens is 329 g/mol. The van der Waals surface area contributed by atoms with Crippen molar-refractivity contribution in [2.45, 2.75) is 31.4 Å². The van der Waals surface area contributed by atoms with Crippen molar-refractivity contribution < 1.29 is 18.0 Å². The third-order valence-corrected chi connectivity index (χ3v) is 5.15. The molecule has 2 aliphatic rings. The molecule has 0 atom stereocenters. The maximum Gasteiger partial charge on any atom is 0.406 e. The SMILES string of the molecule is CCN1CCC2(CC1)C(=O)N(CC(F)(F)F)c1ccc(Cl)cc12. The molecule has 23 heavy (non-hydrogen) atoms. The first kappa shape index (κ1) is 16.6. The summed E-state index contributed by atoms with van der Waals surface area (Å²) in [6.07, 6.45) is -3.37. The number of hydrogen-bond donors (Lipinski definition) is 0. The van der Waals surface area contributed by atoms with Crippen LogP contribution in [0.25, 0.3) is 0 Å². The monoisotopic (exact) mass is 346 g/mol. The minimum atomic E-state index is -4.43. The first-order valence-corrected chi connectivity index (χ1v) is 8.06. The van der Waals surface area contributed by atoms with Gasteiger partial charge in [-0.3, -0.25) is 4.79 Å². The van der Waals surface area contributed by atoms with Crippen LogP contribution in [0.4, 0.5) is 18.9 Å². The van der Waals surface area contributed by atoms with E-state index in [4.69, 9.17) is 11.6 Å². The Hall–Kier alpha value is -1.27. The molecule has 1 amide bonds. The fraction of sp³-hybridized carbons (Fsp3) is 0.562. The van der Waals surface area contributed by atoms with Gasteiger partial charge in [0.25, 0.3) is 0 Å². The third-order valence-electron chi connectivity index (χ3n) is 4.91. The van der Waals surface area contributed by atoms with Gasteiger partial charge < -0.3 is 9.80 Å². The summed E-state index contributed by atoms with van der Waals surface area (Å²) in [6, 6.07) is 4.73. The molecular formula is C16H18ClF3N2O. The van der Waals surface area contributed by atoms with Gasteiger partial charge in [0.15, 0.2) is 0 Å². The maximum absolute atomic E-state index is 12.9. The van der Waals surface area contributed by atoms with Crippen LogP contribution in [0.1, 0.15) is 25.3 Å². The first-order valence-electron chi connectivity index (χ1n) is 7.68. The zero-order valence-electron chi connectivity index (χ0n) is 12.8. The van der Waals surface area contributed by atoms with E-state index in [0.29, 0.717) is 42.2 Å². The summed E-state index contributed by atoms with van der Waals surface area (Å²) in [4.78, 5) is 16.0. The van der Waals surface area contributed by atoms with Gasteiger partial charge >= 0.3 is 6.18 Å². The second-order valence-corrected chi connectivity index (χ2v) is 6.62. The molecule has 7 heteroatoms. The normalized spacial score (nSPS) is 21.1. The van der Waals surface area contributed by atoms with E-state index in [2.05, 4.69) is 4.90 Å². The van der Waals surface area contributed by atoms with Crippen molar-refractivity contribution in [3.8, 4) is 0 Å². The van der Waals surface area contributed by atoms with Gasteiger partial charge in [-0.25, -0.2) is 0 Å². The van der Waals surface area contributed by atoms with Crippen molar-refractivity contribution in [1.29, 1.82) is 0 Å². The van der Waals surface area contributed by atoms with E-state index in [0.717, 1.165) is 11.4 Å². The smallest absolute Gasteiger partial charge is 0.304 e. The molecule has 0 aliphatic carbocycles. The molecule has 0 N–H and O–H groups in total. The number of halogens is 4. The van der Waals surface area contributed by atoms with Crippen LogP contribution < -0.4 is 4.90 Å². The zero-order chi connectivity index (χ0) is 16.8. The molecule has 0 bridgehead atoms. The van der Waals surface area contributed by atoms with E-state index in [9.17, 15) is 18.0 Å². The topological polar surface area (TPSA) is 23.6 Å². The van der Waals surface area contributed by atoms with Crippen LogP contribution in [0.15, 0.2) is 18.2 Å². The molecule has 0 unspecified atom stereocenters. The number of benzene rings is 1. The molecule has 3 rings (SSSR count). The predicted molar refractivity (Wildman–Crippen MR) is 82.9 cm³/mol. The largest absolute Gasteiger partial charge is 0.406 e. The zero-order valence-corrected chi connectivity index (χ0v) is 13.5. The van der Waals surface area contributed by atoms with Gasteiger partial charge in [0.2, 0.25) is 5.91 Å². The predicted octanol–water partition coefficient (Wildman–Crippen LogP) is 3.60. The lowest BCUT2D eigenvalue weighted by atomic mass is 9.73. The molecule has 1 spiro atoms. The van der Waals surface area contributed by atoms with Crippen molar-refractivity contribution in [1.82, 2.24) is 4.90 Å². The summed E-state index contributed by atoms with van der Waals surface area (Å²) < 4.78 is 38.7. The Balaban J connectivity index is 2.02. The maximum atomic E-state index is 12.9. The number of carbonyl (C=O) groups excluding carboxylic acids is 1. The number of rotatable bonds is 2. The minimum Gasteiger partial charge on any atom is -0.304 e. The number of fused-ring (bicyclic) bond motifs is 2. The first-order chi connectivity index (χ1) is 10.8. The van der Waals surface area contributed by atoms with Gasteiger partial charge in [-0.15, -0.1) is 0 Å². The van der Waals surface area contributed by atoms with Crippen LogP contribution in [-0.2, 0) is 10.2 Å². The quantitative estimate of drug-likeness (QED) is 0.817. The fourth-order valence-electron chi connectivity index (χ4n) is 3.68. The highest BCUT2D eigenvalue weighted by molar-refractivity contribution is 6.31. The lowest BCUT2D eigenvalue weighted by Crippen LogP contribution is -2.50. The van der Waals surface area contributed by atoms with E-state index in [1.807, 2.05) is 6.92 Å². The van der Waals surface area contributed by atoms with Crippen LogP contribution in [0.2, 0.25) is 5.02 Å². The number of likely N-dealkylation sites (tertiary alicyclic amines) is 1. The molecule has 1 aromatic rings. The van der Waals surface area contributed by atoms with E-state index >= 15 is 0 Å². The van der Waals surface area contributed by atoms with Gasteiger partial charge in [0.05, 0.1) is 5.41 Å². The van der Waals surface area contributed by atoms with Gasteiger partial charge in [0.1, 0.15) is 6.54 Å². The van der Waals surface area contributed by atoms with Crippen molar-refractivity contribution in [2.24, 2.45) is 0 Å². The fourth-order valence-corrected chi connectivity index (χ4v) is 3.85. The molecule has 126 valence electrons. The number of piperidine rings is 1. The number of anilines is 1. The Kier molecular flexibility index (Phi) is 4.09. The summed E-state index contributed by atoms with van der Waals surface area (Å²) in [6.45, 7) is 3.07. The molecule has 2 heterocycles. The average Bonchev–Trinajstić information content (AvgIpc) is 2.70. The van der Waals surface area contributed by atoms with E-state index < -0.39 is 24.0 Å². The highest BCUT2D eigenvalue weighted by atomic mass is 35.5. The van der Waals surface area contributed by atoms with E-state index in [1.54, 1.807) is 6.07 Å². The third kappa shape index (κ3) is 2.83. The summed E-state index contributed by atoms with van der Waals surface area (Å²) in [5, 5.41) is 0.447. The Morgan fingerprint density at radius 2 is 1.91 bits per heavy atom. The molecule has 1 saturated heterocycles. The molecule has 1 fully saturated rings. The van der Waals surface area contributed by atoms with Crippen molar-refractivity contribution in [2.75, 3.05) is 31.1 Å². The molecule has 0 saturated carbocycles. The van der Waals surface area contributed by atoms with Crippen LogP contribution in [0.5, 0.6) is 0 Å². The lowest BCUT2D eigenvalue weighted by Gasteiger charge is -2.38. The van der Waals surface area contributed by atoms with E-state index in [1.165, 1.54) is 12.1 Å².